The topological polar surface area (TPSA) is 9.23 Å². The van der Waals surface area contributed by atoms with E-state index in [4.69, 9.17) is 4.74 Å². The lowest BCUT2D eigenvalue weighted by molar-refractivity contribution is 0.0118. The van der Waals surface area contributed by atoms with Crippen molar-refractivity contribution < 1.29 is 17.9 Å². The molecule has 4 rings (SSSR count). The second-order valence-electron chi connectivity index (χ2n) is 11.5. The maximum absolute atomic E-state index is 15.2. The largest absolute Gasteiger partial charge is 0.373 e. The predicted molar refractivity (Wildman–Crippen MR) is 145 cm³/mol. The van der Waals surface area contributed by atoms with Gasteiger partial charge in [-0.25, -0.2) is 13.2 Å². The SMILES string of the molecule is CCCCCc1ccc(COC2CCC(c3ccc(C4CCC(CCC)CC4)c(F)c3F)CC2)c(F)c1. The summed E-state index contributed by atoms with van der Waals surface area (Å²) in [6.07, 6.45) is 14.1. The maximum Gasteiger partial charge on any atom is 0.162 e. The normalized spacial score (nSPS) is 24.4. The predicted octanol–water partition coefficient (Wildman–Crippen LogP) is 10.2. The van der Waals surface area contributed by atoms with Gasteiger partial charge in [-0.05, 0) is 105 Å². The van der Waals surface area contributed by atoms with Gasteiger partial charge in [-0.3, -0.25) is 0 Å². The standard InChI is InChI=1S/C33H45F3O/c1-3-5-6-8-24-11-14-27(31(34)21-24)22-37-28-17-15-26(16-18-28)30-20-19-29(32(35)33(30)36)25-12-9-23(7-4-2)10-13-25/h11,14,19-21,23,25-26,28H,3-10,12-13,15-18,22H2,1-2H3. The van der Waals surface area contributed by atoms with Crippen molar-refractivity contribution in [2.45, 2.75) is 128 Å². The van der Waals surface area contributed by atoms with E-state index < -0.39 is 11.6 Å². The summed E-state index contributed by atoms with van der Waals surface area (Å²) in [7, 11) is 0. The minimum Gasteiger partial charge on any atom is -0.373 e. The monoisotopic (exact) mass is 514 g/mol. The van der Waals surface area contributed by atoms with Gasteiger partial charge in [-0.15, -0.1) is 0 Å². The van der Waals surface area contributed by atoms with Crippen LogP contribution in [0.5, 0.6) is 0 Å². The molecule has 1 nitrogen and oxygen atoms in total. The van der Waals surface area contributed by atoms with Crippen LogP contribution in [0.25, 0.3) is 0 Å². The zero-order valence-electron chi connectivity index (χ0n) is 22.8. The van der Waals surface area contributed by atoms with Crippen molar-refractivity contribution in [3.05, 3.63) is 70.0 Å². The molecule has 2 fully saturated rings. The van der Waals surface area contributed by atoms with Crippen LogP contribution in [0.1, 0.15) is 131 Å². The number of hydrogen-bond donors (Lipinski definition) is 0. The summed E-state index contributed by atoms with van der Waals surface area (Å²) >= 11 is 0. The van der Waals surface area contributed by atoms with Crippen LogP contribution in [-0.2, 0) is 17.8 Å². The van der Waals surface area contributed by atoms with E-state index in [2.05, 4.69) is 13.8 Å². The first-order valence-electron chi connectivity index (χ1n) is 14.9. The molecule has 2 aromatic rings. The molecule has 4 heteroatoms. The van der Waals surface area contributed by atoms with Gasteiger partial charge in [0.05, 0.1) is 12.7 Å². The lowest BCUT2D eigenvalue weighted by Gasteiger charge is -2.31. The second kappa shape index (κ2) is 13.8. The third-order valence-electron chi connectivity index (χ3n) is 8.90. The number of benzene rings is 2. The van der Waals surface area contributed by atoms with Gasteiger partial charge in [0.25, 0.3) is 0 Å². The Morgan fingerprint density at radius 3 is 1.92 bits per heavy atom. The molecule has 0 N–H and O–H groups in total. The Kier molecular flexibility index (Phi) is 10.5. The van der Waals surface area contributed by atoms with Crippen LogP contribution >= 0.6 is 0 Å². The summed E-state index contributed by atoms with van der Waals surface area (Å²) in [6.45, 7) is 4.64. The van der Waals surface area contributed by atoms with Gasteiger partial charge >= 0.3 is 0 Å². The van der Waals surface area contributed by atoms with Crippen molar-refractivity contribution in [3.8, 4) is 0 Å². The molecule has 0 spiro atoms. The summed E-state index contributed by atoms with van der Waals surface area (Å²) in [5.74, 6) is -0.548. The van der Waals surface area contributed by atoms with Crippen LogP contribution in [-0.4, -0.2) is 6.10 Å². The summed E-state index contributed by atoms with van der Waals surface area (Å²) in [4.78, 5) is 0. The molecule has 0 radical (unpaired) electrons. The van der Waals surface area contributed by atoms with E-state index in [0.717, 1.165) is 88.5 Å². The fourth-order valence-electron chi connectivity index (χ4n) is 6.57. The lowest BCUT2D eigenvalue weighted by atomic mass is 9.76. The van der Waals surface area contributed by atoms with Crippen molar-refractivity contribution in [2.24, 2.45) is 5.92 Å². The number of rotatable bonds is 11. The van der Waals surface area contributed by atoms with E-state index in [-0.39, 0.29) is 30.4 Å². The van der Waals surface area contributed by atoms with E-state index in [1.54, 1.807) is 6.07 Å². The van der Waals surface area contributed by atoms with E-state index >= 15 is 8.78 Å². The second-order valence-corrected chi connectivity index (χ2v) is 11.5. The zero-order valence-corrected chi connectivity index (χ0v) is 22.8. The van der Waals surface area contributed by atoms with Crippen LogP contribution < -0.4 is 0 Å². The molecular weight excluding hydrogens is 469 g/mol. The van der Waals surface area contributed by atoms with E-state index in [1.807, 2.05) is 24.3 Å². The molecular formula is C33H45F3O. The molecule has 37 heavy (non-hydrogen) atoms. The summed E-state index contributed by atoms with van der Waals surface area (Å²) in [6, 6.07) is 9.19. The molecule has 0 aromatic heterocycles. The number of aryl methyl sites for hydroxylation is 1. The Hall–Kier alpha value is -1.81. The number of ether oxygens (including phenoxy) is 1. The Balaban J connectivity index is 1.27. The average molecular weight is 515 g/mol. The van der Waals surface area contributed by atoms with Crippen LogP contribution in [0.2, 0.25) is 0 Å². The van der Waals surface area contributed by atoms with Crippen LogP contribution in [0.15, 0.2) is 30.3 Å². The average Bonchev–Trinajstić information content (AvgIpc) is 2.91. The molecule has 204 valence electrons. The summed E-state index contributed by atoms with van der Waals surface area (Å²) < 4.78 is 50.9. The molecule has 0 unspecified atom stereocenters. The van der Waals surface area contributed by atoms with Crippen molar-refractivity contribution in [2.75, 3.05) is 0 Å². The van der Waals surface area contributed by atoms with Crippen LogP contribution in [0, 0.1) is 23.4 Å². The number of unbranched alkanes of at least 4 members (excludes halogenated alkanes) is 2. The fraction of sp³-hybridized carbons (Fsp3) is 0.636. The Bertz CT molecular complexity index is 987. The van der Waals surface area contributed by atoms with Gasteiger partial charge in [0.2, 0.25) is 0 Å². The highest BCUT2D eigenvalue weighted by atomic mass is 19.2. The van der Waals surface area contributed by atoms with Gasteiger partial charge in [0.15, 0.2) is 11.6 Å². The first-order valence-corrected chi connectivity index (χ1v) is 14.9. The molecule has 2 saturated carbocycles. The Morgan fingerprint density at radius 2 is 1.35 bits per heavy atom. The van der Waals surface area contributed by atoms with Crippen molar-refractivity contribution in [1.82, 2.24) is 0 Å². The van der Waals surface area contributed by atoms with Crippen molar-refractivity contribution in [1.29, 1.82) is 0 Å². The zero-order chi connectivity index (χ0) is 26.2. The smallest absolute Gasteiger partial charge is 0.162 e. The van der Waals surface area contributed by atoms with Gasteiger partial charge < -0.3 is 4.74 Å². The number of hydrogen-bond acceptors (Lipinski definition) is 1. The third-order valence-corrected chi connectivity index (χ3v) is 8.90. The van der Waals surface area contributed by atoms with E-state index in [9.17, 15) is 4.39 Å². The molecule has 2 aromatic carbocycles. The lowest BCUT2D eigenvalue weighted by Crippen LogP contribution is -2.22. The summed E-state index contributed by atoms with van der Waals surface area (Å²) in [5, 5.41) is 0. The number of halogens is 3. The van der Waals surface area contributed by atoms with Crippen LogP contribution in [0.4, 0.5) is 13.2 Å². The highest BCUT2D eigenvalue weighted by molar-refractivity contribution is 5.32. The first kappa shape index (κ1) is 28.2. The quantitative estimate of drug-likeness (QED) is 0.271. The van der Waals surface area contributed by atoms with E-state index in [0.29, 0.717) is 16.7 Å². The van der Waals surface area contributed by atoms with Crippen molar-refractivity contribution in [3.63, 3.8) is 0 Å². The highest BCUT2D eigenvalue weighted by Crippen LogP contribution is 2.41. The first-order chi connectivity index (χ1) is 18.0. The molecule has 0 bridgehead atoms. The van der Waals surface area contributed by atoms with Gasteiger partial charge in [0.1, 0.15) is 5.82 Å². The maximum atomic E-state index is 15.2. The van der Waals surface area contributed by atoms with Gasteiger partial charge in [-0.2, -0.15) is 0 Å². The third kappa shape index (κ3) is 7.40. The molecule has 0 atom stereocenters. The van der Waals surface area contributed by atoms with Gasteiger partial charge in [-0.1, -0.05) is 63.8 Å². The molecule has 2 aliphatic rings. The fourth-order valence-corrected chi connectivity index (χ4v) is 6.57. The van der Waals surface area contributed by atoms with Crippen LogP contribution in [0.3, 0.4) is 0 Å². The van der Waals surface area contributed by atoms with E-state index in [1.165, 1.54) is 12.8 Å². The highest BCUT2D eigenvalue weighted by Gasteiger charge is 2.30. The molecule has 0 saturated heterocycles. The van der Waals surface area contributed by atoms with Crippen molar-refractivity contribution >= 4 is 0 Å². The Morgan fingerprint density at radius 1 is 0.730 bits per heavy atom. The molecule has 0 heterocycles. The Labute approximate surface area is 222 Å². The molecule has 2 aliphatic carbocycles. The molecule has 0 amide bonds. The van der Waals surface area contributed by atoms with Gasteiger partial charge in [0, 0.05) is 5.56 Å². The molecule has 0 aliphatic heterocycles. The minimum atomic E-state index is -0.640. The summed E-state index contributed by atoms with van der Waals surface area (Å²) in [5.41, 5.74) is 2.73. The minimum absolute atomic E-state index is 0.0165.